The highest BCUT2D eigenvalue weighted by Crippen LogP contribution is 2.21. The molecule has 1 amide bonds. The summed E-state index contributed by atoms with van der Waals surface area (Å²) in [4.78, 5) is 14.5. The maximum absolute atomic E-state index is 12.1. The zero-order valence-electron chi connectivity index (χ0n) is 12.3. The summed E-state index contributed by atoms with van der Waals surface area (Å²) in [6, 6.07) is 4.58. The first-order valence-corrected chi connectivity index (χ1v) is 8.16. The predicted molar refractivity (Wildman–Crippen MR) is 83.5 cm³/mol. The monoisotopic (exact) mass is 304 g/mol. The molecule has 0 unspecified atom stereocenters. The quantitative estimate of drug-likeness (QED) is 0.941. The third-order valence-electron chi connectivity index (χ3n) is 3.92. The van der Waals surface area contributed by atoms with E-state index in [1.165, 1.54) is 17.0 Å². The van der Waals surface area contributed by atoms with Gasteiger partial charge in [-0.2, -0.15) is 16.4 Å². The predicted octanol–water partition coefficient (Wildman–Crippen LogP) is 2.14. The second-order valence-electron chi connectivity index (χ2n) is 5.67. The molecular formula is C15H20N4OS. The van der Waals surface area contributed by atoms with Crippen LogP contribution in [0.2, 0.25) is 0 Å². The van der Waals surface area contributed by atoms with E-state index in [-0.39, 0.29) is 11.9 Å². The van der Waals surface area contributed by atoms with Gasteiger partial charge in [0.2, 0.25) is 0 Å². The number of nitrogens with one attached hydrogen (secondary N) is 1. The molecule has 0 fully saturated rings. The van der Waals surface area contributed by atoms with Gasteiger partial charge in [0.15, 0.2) is 0 Å². The Bertz CT molecular complexity index is 605. The van der Waals surface area contributed by atoms with E-state index in [1.54, 1.807) is 0 Å². The Morgan fingerprint density at radius 2 is 2.38 bits per heavy atom. The highest BCUT2D eigenvalue weighted by Gasteiger charge is 2.27. The topological polar surface area (TPSA) is 50.2 Å². The van der Waals surface area contributed by atoms with Crippen molar-refractivity contribution in [1.29, 1.82) is 0 Å². The first-order chi connectivity index (χ1) is 10.1. The normalized spacial score (nSPS) is 18.7. The van der Waals surface area contributed by atoms with E-state index < -0.39 is 0 Å². The first-order valence-electron chi connectivity index (χ1n) is 7.22. The summed E-state index contributed by atoms with van der Waals surface area (Å²) in [5, 5.41) is 11.2. The number of hydrogen-bond donors (Lipinski definition) is 1. The van der Waals surface area contributed by atoms with Crippen LogP contribution in [0, 0.1) is 0 Å². The number of carbonyl (C=O) groups excluding carboxylic acids is 1. The summed E-state index contributed by atoms with van der Waals surface area (Å²) < 4.78 is 2.05. The van der Waals surface area contributed by atoms with Gasteiger partial charge < -0.3 is 5.32 Å². The number of fused-ring (bicyclic) bond motifs is 1. The Labute approximate surface area is 128 Å². The number of aromatic nitrogens is 2. The van der Waals surface area contributed by atoms with Crippen LogP contribution in [-0.4, -0.2) is 39.7 Å². The number of hydrogen-bond acceptors (Lipinski definition) is 4. The largest absolute Gasteiger partial charge is 0.350 e. The van der Waals surface area contributed by atoms with Crippen molar-refractivity contribution < 1.29 is 4.79 Å². The fourth-order valence-corrected chi connectivity index (χ4v) is 3.30. The molecule has 0 radical (unpaired) electrons. The molecule has 0 aromatic carbocycles. The van der Waals surface area contributed by atoms with E-state index in [4.69, 9.17) is 0 Å². The Morgan fingerprint density at radius 1 is 1.52 bits per heavy atom. The van der Waals surface area contributed by atoms with E-state index in [0.29, 0.717) is 12.6 Å². The van der Waals surface area contributed by atoms with Gasteiger partial charge in [-0.25, -0.2) is 0 Å². The number of rotatable bonds is 4. The number of nitrogens with zero attached hydrogens (tertiary/aromatic N) is 3. The van der Waals surface area contributed by atoms with Crippen molar-refractivity contribution >= 4 is 17.2 Å². The Balaban J connectivity index is 1.69. The summed E-state index contributed by atoms with van der Waals surface area (Å²) in [5.74, 6) is -0.00775. The minimum Gasteiger partial charge on any atom is -0.350 e. The van der Waals surface area contributed by atoms with Crippen LogP contribution in [0.4, 0.5) is 0 Å². The van der Waals surface area contributed by atoms with Gasteiger partial charge in [0.25, 0.3) is 5.91 Å². The molecule has 1 aliphatic heterocycles. The van der Waals surface area contributed by atoms with Crippen molar-refractivity contribution in [2.24, 2.45) is 0 Å². The molecule has 6 heteroatoms. The van der Waals surface area contributed by atoms with Gasteiger partial charge in [-0.3, -0.25) is 14.4 Å². The summed E-state index contributed by atoms with van der Waals surface area (Å²) in [6.07, 6.45) is 1.84. The second kappa shape index (κ2) is 5.99. The van der Waals surface area contributed by atoms with Crippen LogP contribution in [-0.2, 0) is 6.54 Å². The van der Waals surface area contributed by atoms with E-state index in [2.05, 4.69) is 35.2 Å². The molecule has 2 aromatic rings. The fourth-order valence-electron chi connectivity index (χ4n) is 2.67. The van der Waals surface area contributed by atoms with Crippen molar-refractivity contribution in [3.8, 4) is 0 Å². The Morgan fingerprint density at radius 3 is 3.10 bits per heavy atom. The zero-order valence-corrected chi connectivity index (χ0v) is 13.1. The van der Waals surface area contributed by atoms with Crippen LogP contribution in [0.5, 0.6) is 0 Å². The van der Waals surface area contributed by atoms with Crippen molar-refractivity contribution in [1.82, 2.24) is 20.0 Å². The maximum Gasteiger partial charge on any atom is 0.252 e. The molecule has 3 rings (SSSR count). The number of thiophene rings is 1. The van der Waals surface area contributed by atoms with Crippen molar-refractivity contribution in [3.05, 3.63) is 40.3 Å². The highest BCUT2D eigenvalue weighted by molar-refractivity contribution is 7.08. The van der Waals surface area contributed by atoms with Crippen molar-refractivity contribution in [3.63, 3.8) is 0 Å². The summed E-state index contributed by atoms with van der Waals surface area (Å²) >= 11 is 1.54. The van der Waals surface area contributed by atoms with E-state index in [0.717, 1.165) is 18.7 Å². The van der Waals surface area contributed by atoms with Crippen LogP contribution in [0.25, 0.3) is 0 Å². The molecule has 0 spiro atoms. The lowest BCUT2D eigenvalue weighted by Crippen LogP contribution is -2.45. The molecule has 5 nitrogen and oxygen atoms in total. The van der Waals surface area contributed by atoms with Crippen LogP contribution in [0.3, 0.4) is 0 Å². The van der Waals surface area contributed by atoms with E-state index >= 15 is 0 Å². The van der Waals surface area contributed by atoms with E-state index in [9.17, 15) is 4.79 Å². The van der Waals surface area contributed by atoms with Gasteiger partial charge in [-0.05, 0) is 31.4 Å². The zero-order chi connectivity index (χ0) is 14.8. The average Bonchev–Trinajstić information content (AvgIpc) is 3.14. The van der Waals surface area contributed by atoms with Gasteiger partial charge >= 0.3 is 0 Å². The van der Waals surface area contributed by atoms with Gasteiger partial charge in [0.05, 0.1) is 11.7 Å². The lowest BCUT2D eigenvalue weighted by molar-refractivity contribution is 0.0925. The van der Waals surface area contributed by atoms with E-state index in [1.807, 2.05) is 27.7 Å². The molecule has 2 aromatic heterocycles. The average molecular weight is 304 g/mol. The molecule has 112 valence electrons. The summed E-state index contributed by atoms with van der Waals surface area (Å²) in [6.45, 7) is 6.84. The lowest BCUT2D eigenvalue weighted by Gasteiger charge is -2.36. The molecule has 1 aliphatic rings. The smallest absolute Gasteiger partial charge is 0.252 e. The minimum atomic E-state index is -0.00775. The van der Waals surface area contributed by atoms with Crippen LogP contribution in [0.15, 0.2) is 29.1 Å². The first kappa shape index (κ1) is 14.3. The van der Waals surface area contributed by atoms with Crippen LogP contribution >= 0.6 is 11.3 Å². The second-order valence-corrected chi connectivity index (χ2v) is 6.45. The van der Waals surface area contributed by atoms with Gasteiger partial charge in [-0.15, -0.1) is 0 Å². The highest BCUT2D eigenvalue weighted by atomic mass is 32.1. The fraction of sp³-hybridized carbons (Fsp3) is 0.467. The van der Waals surface area contributed by atoms with Crippen molar-refractivity contribution in [2.45, 2.75) is 32.5 Å². The van der Waals surface area contributed by atoms with Crippen LogP contribution in [0.1, 0.15) is 35.9 Å². The van der Waals surface area contributed by atoms with Gasteiger partial charge in [-0.1, -0.05) is 0 Å². The standard InChI is InChI=1S/C15H20N4OS/c1-11(2)18-8-13-3-5-17-19(13)14(9-18)7-16-15(20)12-4-6-21-10-12/h3-6,10-11,14H,7-9H2,1-2H3,(H,16,20)/t14-/m1/s1. The minimum absolute atomic E-state index is 0.00775. The van der Waals surface area contributed by atoms with Gasteiger partial charge in [0.1, 0.15) is 0 Å². The molecule has 0 saturated heterocycles. The Hall–Kier alpha value is -1.66. The Kier molecular flexibility index (Phi) is 4.07. The maximum atomic E-state index is 12.1. The van der Waals surface area contributed by atoms with Crippen molar-refractivity contribution in [2.75, 3.05) is 13.1 Å². The van der Waals surface area contributed by atoms with Crippen LogP contribution < -0.4 is 5.32 Å². The molecule has 1 atom stereocenters. The molecular weight excluding hydrogens is 284 g/mol. The third-order valence-corrected chi connectivity index (χ3v) is 4.60. The summed E-state index contributed by atoms with van der Waals surface area (Å²) in [7, 11) is 0. The SMILES string of the molecule is CC(C)N1Cc2ccnn2[C@H](CNC(=O)c2ccsc2)C1. The number of amides is 1. The lowest BCUT2D eigenvalue weighted by atomic mass is 10.1. The molecule has 0 aliphatic carbocycles. The van der Waals surface area contributed by atoms with Gasteiger partial charge in [0, 0.05) is 42.8 Å². The molecule has 21 heavy (non-hydrogen) atoms. The third kappa shape index (κ3) is 3.01. The molecule has 3 heterocycles. The molecule has 1 N–H and O–H groups in total. The molecule has 0 bridgehead atoms. The molecule has 0 saturated carbocycles. The number of carbonyl (C=O) groups is 1. The summed E-state index contributed by atoms with van der Waals surface area (Å²) in [5.41, 5.74) is 1.95.